The Morgan fingerprint density at radius 1 is 1.40 bits per heavy atom. The van der Waals surface area contributed by atoms with Crippen LogP contribution in [0.15, 0.2) is 6.07 Å². The molecule has 4 heteroatoms. The molecule has 0 spiro atoms. The monoisotopic (exact) mass is 281 g/mol. The van der Waals surface area contributed by atoms with E-state index in [1.165, 1.54) is 24.2 Å². The van der Waals surface area contributed by atoms with Gasteiger partial charge in [0.2, 0.25) is 0 Å². The van der Waals surface area contributed by atoms with Crippen LogP contribution in [0.1, 0.15) is 45.0 Å². The van der Waals surface area contributed by atoms with Crippen LogP contribution < -0.4 is 5.32 Å². The van der Waals surface area contributed by atoms with Crippen molar-refractivity contribution in [3.8, 4) is 0 Å². The number of ether oxygens (including phenoxy) is 1. The number of aromatic nitrogens is 2. The van der Waals surface area contributed by atoms with Gasteiger partial charge in [-0.05, 0) is 30.7 Å². The summed E-state index contributed by atoms with van der Waals surface area (Å²) in [6, 6.07) is 2.25. The Labute approximate surface area is 123 Å². The van der Waals surface area contributed by atoms with E-state index in [2.05, 4.69) is 44.3 Å². The van der Waals surface area contributed by atoms with Crippen molar-refractivity contribution in [1.82, 2.24) is 15.1 Å². The van der Waals surface area contributed by atoms with Gasteiger partial charge in [0.05, 0.1) is 12.3 Å². The number of nitrogens with one attached hydrogen (secondary N) is 1. The highest BCUT2D eigenvalue weighted by Gasteiger charge is 2.25. The lowest BCUT2D eigenvalue weighted by Crippen LogP contribution is -2.35. The molecule has 1 heterocycles. The van der Waals surface area contributed by atoms with Crippen LogP contribution in [0.5, 0.6) is 0 Å². The Hall–Kier alpha value is -0.870. The fourth-order valence-corrected chi connectivity index (χ4v) is 2.75. The largest absolute Gasteiger partial charge is 0.383 e. The van der Waals surface area contributed by atoms with Gasteiger partial charge in [-0.25, -0.2) is 0 Å². The van der Waals surface area contributed by atoms with E-state index < -0.39 is 0 Å². The lowest BCUT2D eigenvalue weighted by Gasteiger charge is -2.30. The summed E-state index contributed by atoms with van der Waals surface area (Å²) < 4.78 is 7.14. The number of rotatable bonds is 10. The maximum absolute atomic E-state index is 5.10. The lowest BCUT2D eigenvalue weighted by atomic mass is 9.81. The average Bonchev–Trinajstić information content (AvgIpc) is 2.76. The summed E-state index contributed by atoms with van der Waals surface area (Å²) in [6.45, 7) is 9.50. The zero-order valence-electron chi connectivity index (χ0n) is 13.8. The summed E-state index contributed by atoms with van der Waals surface area (Å²) in [5.74, 6) is 0. The zero-order chi connectivity index (χ0) is 15.0. The molecule has 1 unspecified atom stereocenters. The summed E-state index contributed by atoms with van der Waals surface area (Å²) >= 11 is 0. The number of hydrogen-bond donors (Lipinski definition) is 1. The van der Waals surface area contributed by atoms with Crippen LogP contribution in [0.2, 0.25) is 0 Å². The smallest absolute Gasteiger partial charge is 0.0624 e. The van der Waals surface area contributed by atoms with E-state index in [1.807, 2.05) is 4.68 Å². The van der Waals surface area contributed by atoms with Crippen LogP contribution in [-0.4, -0.2) is 36.6 Å². The van der Waals surface area contributed by atoms with Gasteiger partial charge >= 0.3 is 0 Å². The molecule has 0 saturated carbocycles. The van der Waals surface area contributed by atoms with Gasteiger partial charge in [0.15, 0.2) is 0 Å². The Kier molecular flexibility index (Phi) is 7.24. The first kappa shape index (κ1) is 17.2. The third-order valence-corrected chi connectivity index (χ3v) is 3.89. The molecule has 0 fully saturated rings. The van der Waals surface area contributed by atoms with Crippen molar-refractivity contribution in [2.24, 2.45) is 12.5 Å². The van der Waals surface area contributed by atoms with E-state index in [9.17, 15) is 0 Å². The molecule has 1 aromatic rings. The number of methoxy groups -OCH3 is 1. The minimum absolute atomic E-state index is 0.279. The van der Waals surface area contributed by atoms with Gasteiger partial charge in [0.1, 0.15) is 0 Å². The van der Waals surface area contributed by atoms with E-state index in [4.69, 9.17) is 4.74 Å². The predicted molar refractivity (Wildman–Crippen MR) is 84.1 cm³/mol. The molecule has 0 aliphatic rings. The van der Waals surface area contributed by atoms with E-state index in [0.717, 1.165) is 32.5 Å². The van der Waals surface area contributed by atoms with Crippen LogP contribution >= 0.6 is 0 Å². The van der Waals surface area contributed by atoms with Crippen molar-refractivity contribution >= 4 is 0 Å². The fraction of sp³-hybridized carbons (Fsp3) is 0.812. The molecular weight excluding hydrogens is 250 g/mol. The topological polar surface area (TPSA) is 39.1 Å². The molecule has 1 atom stereocenters. The lowest BCUT2D eigenvalue weighted by molar-refractivity contribution is 0.189. The Bertz CT molecular complexity index is 389. The Morgan fingerprint density at radius 3 is 2.70 bits per heavy atom. The fourth-order valence-electron chi connectivity index (χ4n) is 2.75. The molecule has 1 aromatic heterocycles. The van der Waals surface area contributed by atoms with Gasteiger partial charge < -0.3 is 10.1 Å². The first-order valence-electron chi connectivity index (χ1n) is 7.76. The molecule has 20 heavy (non-hydrogen) atoms. The molecule has 0 aliphatic heterocycles. The molecule has 0 bridgehead atoms. The van der Waals surface area contributed by atoms with Crippen molar-refractivity contribution < 1.29 is 4.74 Å². The van der Waals surface area contributed by atoms with Crippen LogP contribution in [0.3, 0.4) is 0 Å². The van der Waals surface area contributed by atoms with E-state index >= 15 is 0 Å². The quantitative estimate of drug-likeness (QED) is 0.670. The van der Waals surface area contributed by atoms with Gasteiger partial charge in [-0.3, -0.25) is 4.68 Å². The molecule has 0 aromatic carbocycles. The Balaban J connectivity index is 2.66. The van der Waals surface area contributed by atoms with Gasteiger partial charge in [0, 0.05) is 32.9 Å². The van der Waals surface area contributed by atoms with Crippen molar-refractivity contribution in [2.75, 3.05) is 26.8 Å². The molecule has 0 radical (unpaired) electrons. The van der Waals surface area contributed by atoms with Gasteiger partial charge in [0.25, 0.3) is 0 Å². The average molecular weight is 281 g/mol. The van der Waals surface area contributed by atoms with Crippen molar-refractivity contribution in [2.45, 2.75) is 46.5 Å². The highest BCUT2D eigenvalue weighted by molar-refractivity contribution is 5.12. The standard InChI is InChI=1S/C16H31N3O/c1-6-8-16(3,13-17-9-10-20-5)12-15-11-14(7-2)18-19(15)4/h11,17H,6-10,12-13H2,1-5H3. The SMILES string of the molecule is CCCC(C)(CNCCOC)Cc1cc(CC)nn1C. The second-order valence-corrected chi connectivity index (χ2v) is 6.01. The van der Waals surface area contributed by atoms with Crippen LogP contribution in [0, 0.1) is 5.41 Å². The normalized spacial score (nSPS) is 14.4. The van der Waals surface area contributed by atoms with Gasteiger partial charge in [-0.1, -0.05) is 27.2 Å². The minimum Gasteiger partial charge on any atom is -0.383 e. The van der Waals surface area contributed by atoms with Crippen molar-refractivity contribution in [3.05, 3.63) is 17.5 Å². The Morgan fingerprint density at radius 2 is 2.15 bits per heavy atom. The molecule has 0 amide bonds. The van der Waals surface area contributed by atoms with Crippen LogP contribution in [0.25, 0.3) is 0 Å². The van der Waals surface area contributed by atoms with Crippen molar-refractivity contribution in [1.29, 1.82) is 0 Å². The van der Waals surface area contributed by atoms with Gasteiger partial charge in [-0.15, -0.1) is 0 Å². The first-order chi connectivity index (χ1) is 9.54. The molecule has 0 saturated heterocycles. The summed E-state index contributed by atoms with van der Waals surface area (Å²) in [6.07, 6.45) is 4.51. The zero-order valence-corrected chi connectivity index (χ0v) is 13.8. The minimum atomic E-state index is 0.279. The van der Waals surface area contributed by atoms with E-state index in [1.54, 1.807) is 7.11 Å². The number of aryl methyl sites for hydroxylation is 2. The highest BCUT2D eigenvalue weighted by Crippen LogP contribution is 2.27. The second-order valence-electron chi connectivity index (χ2n) is 6.01. The predicted octanol–water partition coefficient (Wildman–Crippen LogP) is 2.57. The second kappa shape index (κ2) is 8.42. The van der Waals surface area contributed by atoms with Gasteiger partial charge in [-0.2, -0.15) is 5.10 Å². The molecule has 1 rings (SSSR count). The third-order valence-electron chi connectivity index (χ3n) is 3.89. The molecule has 0 aliphatic carbocycles. The third kappa shape index (κ3) is 5.25. The molecule has 4 nitrogen and oxygen atoms in total. The van der Waals surface area contributed by atoms with Crippen LogP contribution in [0.4, 0.5) is 0 Å². The summed E-state index contributed by atoms with van der Waals surface area (Å²) in [5.41, 5.74) is 2.81. The molecular formula is C16H31N3O. The van der Waals surface area contributed by atoms with Crippen molar-refractivity contribution in [3.63, 3.8) is 0 Å². The maximum Gasteiger partial charge on any atom is 0.0624 e. The molecule has 1 N–H and O–H groups in total. The highest BCUT2D eigenvalue weighted by atomic mass is 16.5. The van der Waals surface area contributed by atoms with Crippen LogP contribution in [-0.2, 0) is 24.6 Å². The molecule has 116 valence electrons. The number of nitrogens with zero attached hydrogens (tertiary/aromatic N) is 2. The van der Waals surface area contributed by atoms with E-state index in [0.29, 0.717) is 0 Å². The summed E-state index contributed by atoms with van der Waals surface area (Å²) in [5, 5.41) is 8.08. The summed E-state index contributed by atoms with van der Waals surface area (Å²) in [4.78, 5) is 0. The first-order valence-corrected chi connectivity index (χ1v) is 7.76. The number of hydrogen-bond acceptors (Lipinski definition) is 3. The summed E-state index contributed by atoms with van der Waals surface area (Å²) in [7, 11) is 3.80. The van der Waals surface area contributed by atoms with E-state index in [-0.39, 0.29) is 5.41 Å². The maximum atomic E-state index is 5.10.